The van der Waals surface area contributed by atoms with E-state index in [4.69, 9.17) is 16.3 Å². The molecular formula is C14H10BrClFNO2. The molecule has 0 saturated carbocycles. The van der Waals surface area contributed by atoms with Crippen molar-refractivity contribution < 1.29 is 13.9 Å². The Morgan fingerprint density at radius 2 is 2.10 bits per heavy atom. The fourth-order valence-electron chi connectivity index (χ4n) is 1.68. The van der Waals surface area contributed by atoms with Gasteiger partial charge in [0.15, 0.2) is 0 Å². The van der Waals surface area contributed by atoms with Gasteiger partial charge in [-0.05, 0) is 46.3 Å². The summed E-state index contributed by atoms with van der Waals surface area (Å²) in [6, 6.07) is 9.11. The summed E-state index contributed by atoms with van der Waals surface area (Å²) in [5.74, 6) is -0.761. The minimum absolute atomic E-state index is 0.0745. The van der Waals surface area contributed by atoms with E-state index in [1.165, 1.54) is 25.3 Å². The molecule has 6 heteroatoms. The second kappa shape index (κ2) is 6.24. The second-order valence-corrected chi connectivity index (χ2v) is 5.19. The number of anilines is 1. The van der Waals surface area contributed by atoms with Crippen molar-refractivity contribution >= 4 is 39.1 Å². The Bertz CT molecular complexity index is 643. The molecule has 0 spiro atoms. The molecule has 0 fully saturated rings. The maximum Gasteiger partial charge on any atom is 0.259 e. The van der Waals surface area contributed by atoms with Gasteiger partial charge in [-0.25, -0.2) is 4.39 Å². The van der Waals surface area contributed by atoms with Crippen molar-refractivity contribution in [3.8, 4) is 5.75 Å². The lowest BCUT2D eigenvalue weighted by Crippen LogP contribution is -2.15. The topological polar surface area (TPSA) is 38.3 Å². The number of carbonyl (C=O) groups excluding carboxylic acids is 1. The van der Waals surface area contributed by atoms with Gasteiger partial charge in [0.25, 0.3) is 5.91 Å². The fraction of sp³-hybridized carbons (Fsp3) is 0.0714. The van der Waals surface area contributed by atoms with Crippen LogP contribution in [-0.2, 0) is 0 Å². The average molecular weight is 359 g/mol. The fourth-order valence-corrected chi connectivity index (χ4v) is 2.37. The molecule has 0 atom stereocenters. The largest absolute Gasteiger partial charge is 0.495 e. The molecule has 2 aromatic rings. The number of hydrogen-bond acceptors (Lipinski definition) is 2. The average Bonchev–Trinajstić information content (AvgIpc) is 2.38. The number of methoxy groups -OCH3 is 1. The van der Waals surface area contributed by atoms with Crippen LogP contribution in [-0.4, -0.2) is 13.0 Å². The van der Waals surface area contributed by atoms with Gasteiger partial charge in [-0.3, -0.25) is 4.79 Å². The Morgan fingerprint density at radius 3 is 2.75 bits per heavy atom. The monoisotopic (exact) mass is 357 g/mol. The number of carbonyl (C=O) groups is 1. The first-order valence-electron chi connectivity index (χ1n) is 5.62. The molecule has 0 saturated heterocycles. The van der Waals surface area contributed by atoms with Gasteiger partial charge in [-0.1, -0.05) is 17.7 Å². The molecule has 0 aliphatic carbocycles. The lowest BCUT2D eigenvalue weighted by Gasteiger charge is -2.11. The van der Waals surface area contributed by atoms with Crippen LogP contribution in [0, 0.1) is 5.82 Å². The van der Waals surface area contributed by atoms with Crippen LogP contribution in [0.1, 0.15) is 10.4 Å². The van der Waals surface area contributed by atoms with Gasteiger partial charge >= 0.3 is 0 Å². The minimum atomic E-state index is -0.613. The molecule has 0 aromatic heterocycles. The van der Waals surface area contributed by atoms with E-state index in [0.29, 0.717) is 20.9 Å². The van der Waals surface area contributed by atoms with Gasteiger partial charge in [0.1, 0.15) is 11.6 Å². The molecule has 1 N–H and O–H groups in total. The molecule has 0 aliphatic rings. The van der Waals surface area contributed by atoms with Gasteiger partial charge < -0.3 is 10.1 Å². The highest BCUT2D eigenvalue weighted by Gasteiger charge is 2.17. The van der Waals surface area contributed by atoms with E-state index in [-0.39, 0.29) is 5.56 Å². The number of ether oxygens (including phenoxy) is 1. The van der Waals surface area contributed by atoms with Crippen molar-refractivity contribution in [2.75, 3.05) is 12.4 Å². The molecule has 2 aromatic carbocycles. The third-order valence-electron chi connectivity index (χ3n) is 2.60. The van der Waals surface area contributed by atoms with Crippen LogP contribution in [0.25, 0.3) is 0 Å². The van der Waals surface area contributed by atoms with E-state index in [0.717, 1.165) is 0 Å². The molecular weight excluding hydrogens is 349 g/mol. The van der Waals surface area contributed by atoms with E-state index < -0.39 is 11.7 Å². The summed E-state index contributed by atoms with van der Waals surface area (Å²) >= 11 is 9.03. The van der Waals surface area contributed by atoms with Crippen LogP contribution in [0.2, 0.25) is 5.02 Å². The van der Waals surface area contributed by atoms with Gasteiger partial charge in [0.05, 0.1) is 18.4 Å². The van der Waals surface area contributed by atoms with Gasteiger partial charge in [0, 0.05) is 9.50 Å². The van der Waals surface area contributed by atoms with Crippen molar-refractivity contribution in [1.29, 1.82) is 0 Å². The van der Waals surface area contributed by atoms with Crippen LogP contribution >= 0.6 is 27.5 Å². The Balaban J connectivity index is 2.35. The standard InChI is InChI=1S/C14H10BrClFNO2/c1-20-12-6-5-8(16)7-11(12)18-14(19)13-9(15)3-2-4-10(13)17/h2-7H,1H3,(H,18,19). The highest BCUT2D eigenvalue weighted by molar-refractivity contribution is 9.10. The van der Waals surface area contributed by atoms with Crippen LogP contribution in [0.5, 0.6) is 5.75 Å². The third-order valence-corrected chi connectivity index (χ3v) is 3.50. The molecule has 2 rings (SSSR count). The molecule has 0 heterocycles. The molecule has 3 nitrogen and oxygen atoms in total. The maximum absolute atomic E-state index is 13.7. The minimum Gasteiger partial charge on any atom is -0.495 e. The predicted octanol–water partition coefficient (Wildman–Crippen LogP) is 4.50. The van der Waals surface area contributed by atoms with Crippen LogP contribution in [0.3, 0.4) is 0 Å². The molecule has 0 bridgehead atoms. The lowest BCUT2D eigenvalue weighted by molar-refractivity contribution is 0.102. The first-order chi connectivity index (χ1) is 9.52. The summed E-state index contributed by atoms with van der Waals surface area (Å²) in [6.07, 6.45) is 0. The van der Waals surface area contributed by atoms with E-state index >= 15 is 0 Å². The Hall–Kier alpha value is -1.59. The Kier molecular flexibility index (Phi) is 4.62. The number of benzene rings is 2. The maximum atomic E-state index is 13.7. The number of nitrogens with one attached hydrogen (secondary N) is 1. The molecule has 1 amide bonds. The predicted molar refractivity (Wildman–Crippen MR) is 80.1 cm³/mol. The summed E-state index contributed by atoms with van der Waals surface area (Å²) in [6.45, 7) is 0. The van der Waals surface area contributed by atoms with Crippen molar-refractivity contribution in [3.63, 3.8) is 0 Å². The third kappa shape index (κ3) is 3.11. The lowest BCUT2D eigenvalue weighted by atomic mass is 10.2. The van der Waals surface area contributed by atoms with E-state index in [1.54, 1.807) is 18.2 Å². The summed E-state index contributed by atoms with van der Waals surface area (Å²) in [5, 5.41) is 3.02. The summed E-state index contributed by atoms with van der Waals surface area (Å²) in [7, 11) is 1.47. The Morgan fingerprint density at radius 1 is 1.35 bits per heavy atom. The molecule has 0 radical (unpaired) electrons. The first kappa shape index (κ1) is 14.8. The van der Waals surface area contributed by atoms with Gasteiger partial charge in [-0.15, -0.1) is 0 Å². The van der Waals surface area contributed by atoms with Crippen molar-refractivity contribution in [2.45, 2.75) is 0 Å². The molecule has 0 aliphatic heterocycles. The van der Waals surface area contributed by atoms with Gasteiger partial charge in [0.2, 0.25) is 0 Å². The molecule has 20 heavy (non-hydrogen) atoms. The summed E-state index contributed by atoms with van der Waals surface area (Å²) < 4.78 is 19.2. The van der Waals surface area contributed by atoms with Crippen LogP contribution < -0.4 is 10.1 Å². The number of amides is 1. The van der Waals surface area contributed by atoms with Crippen molar-refractivity contribution in [3.05, 3.63) is 57.3 Å². The van der Waals surface area contributed by atoms with E-state index in [9.17, 15) is 9.18 Å². The van der Waals surface area contributed by atoms with E-state index in [1.807, 2.05) is 0 Å². The zero-order valence-corrected chi connectivity index (χ0v) is 12.8. The van der Waals surface area contributed by atoms with Gasteiger partial charge in [-0.2, -0.15) is 0 Å². The summed E-state index contributed by atoms with van der Waals surface area (Å²) in [5.41, 5.74) is 0.301. The Labute approximate surface area is 128 Å². The smallest absolute Gasteiger partial charge is 0.259 e. The van der Waals surface area contributed by atoms with E-state index in [2.05, 4.69) is 21.2 Å². The van der Waals surface area contributed by atoms with Crippen LogP contribution in [0.4, 0.5) is 10.1 Å². The molecule has 104 valence electrons. The van der Waals surface area contributed by atoms with Crippen molar-refractivity contribution in [1.82, 2.24) is 0 Å². The quantitative estimate of drug-likeness (QED) is 0.877. The zero-order valence-electron chi connectivity index (χ0n) is 10.4. The van der Waals surface area contributed by atoms with Crippen molar-refractivity contribution in [2.24, 2.45) is 0 Å². The molecule has 0 unspecified atom stereocenters. The zero-order chi connectivity index (χ0) is 14.7. The highest BCUT2D eigenvalue weighted by atomic mass is 79.9. The second-order valence-electron chi connectivity index (χ2n) is 3.90. The van der Waals surface area contributed by atoms with Crippen LogP contribution in [0.15, 0.2) is 40.9 Å². The SMILES string of the molecule is COc1ccc(Cl)cc1NC(=O)c1c(F)cccc1Br. The highest BCUT2D eigenvalue weighted by Crippen LogP contribution is 2.29. The number of halogens is 3. The normalized spacial score (nSPS) is 10.2. The number of rotatable bonds is 3. The number of hydrogen-bond donors (Lipinski definition) is 1. The first-order valence-corrected chi connectivity index (χ1v) is 6.79. The summed E-state index contributed by atoms with van der Waals surface area (Å²) in [4.78, 5) is 12.2.